The van der Waals surface area contributed by atoms with Gasteiger partial charge in [0.2, 0.25) is 6.29 Å². The molecule has 0 aromatic rings. The van der Waals surface area contributed by atoms with Crippen LogP contribution in [-0.4, -0.2) is 41.5 Å². The number of ether oxygens (including phenoxy) is 4. The second-order valence-electron chi connectivity index (χ2n) is 8.27. The molecule has 4 bridgehead atoms. The number of aliphatic hydroxyl groups is 1. The van der Waals surface area contributed by atoms with E-state index in [0.717, 1.165) is 31.4 Å². The van der Waals surface area contributed by atoms with Crippen molar-refractivity contribution in [3.8, 4) is 0 Å². The molecule has 134 valence electrons. The average Bonchev–Trinajstić information content (AvgIpc) is 3.09. The standard InChI is InChI=1S/C19H22O6/c20-11-4-7-19(21)15-13(11)10(9-22-19)8-12-14(15)16-17(23-12)25-18(24-16)5-2-1-3-6-18/h4,7-8,10,13-17,21H,1-3,5-6,9H2/t10?,13-,14?,15?,16+,17+,19?/m0/s1. The Morgan fingerprint density at radius 1 is 1.12 bits per heavy atom. The zero-order valence-corrected chi connectivity index (χ0v) is 13.9. The van der Waals surface area contributed by atoms with E-state index in [0.29, 0.717) is 6.61 Å². The molecule has 6 rings (SSSR count). The van der Waals surface area contributed by atoms with Gasteiger partial charge < -0.3 is 24.1 Å². The second kappa shape index (κ2) is 4.74. The van der Waals surface area contributed by atoms with E-state index in [2.05, 4.69) is 0 Å². The molecular formula is C19H22O6. The molecule has 4 fully saturated rings. The Balaban J connectivity index is 1.40. The molecule has 3 aliphatic heterocycles. The lowest BCUT2D eigenvalue weighted by atomic mass is 9.60. The van der Waals surface area contributed by atoms with E-state index in [1.54, 1.807) is 0 Å². The number of carbonyl (C=O) groups is 1. The largest absolute Gasteiger partial charge is 0.466 e. The Kier molecular flexibility index (Phi) is 2.83. The van der Waals surface area contributed by atoms with Gasteiger partial charge in [0.15, 0.2) is 17.4 Å². The number of carbonyl (C=O) groups excluding carboxylic acids is 1. The fraction of sp³-hybridized carbons (Fsp3) is 0.737. The SMILES string of the molecule is O=C1C=CC2(O)OCC3C=C4O[C@@H]5OC6(CCCCC6)O[C@@H]5C4C2[C@H]13. The molecule has 7 atom stereocenters. The molecule has 1 spiro atoms. The lowest BCUT2D eigenvalue weighted by molar-refractivity contribution is -0.275. The first kappa shape index (κ1) is 14.9. The quantitative estimate of drug-likeness (QED) is 0.719. The molecule has 0 aromatic carbocycles. The van der Waals surface area contributed by atoms with Crippen molar-refractivity contribution in [2.75, 3.05) is 6.61 Å². The molecule has 6 nitrogen and oxygen atoms in total. The highest BCUT2D eigenvalue weighted by atomic mass is 16.8. The zero-order chi connectivity index (χ0) is 16.8. The Bertz CT molecular complexity index is 692. The zero-order valence-electron chi connectivity index (χ0n) is 13.9. The molecule has 0 aromatic heterocycles. The maximum absolute atomic E-state index is 12.5. The third-order valence-electron chi connectivity index (χ3n) is 6.91. The summed E-state index contributed by atoms with van der Waals surface area (Å²) in [5.41, 5.74) is 0. The van der Waals surface area contributed by atoms with E-state index in [1.807, 2.05) is 6.08 Å². The van der Waals surface area contributed by atoms with Gasteiger partial charge in [-0.25, -0.2) is 0 Å². The number of hydrogen-bond donors (Lipinski definition) is 1. The summed E-state index contributed by atoms with van der Waals surface area (Å²) in [5, 5.41) is 11.1. The molecule has 4 unspecified atom stereocenters. The van der Waals surface area contributed by atoms with Gasteiger partial charge in [-0.15, -0.1) is 0 Å². The van der Waals surface area contributed by atoms with Crippen LogP contribution in [0.25, 0.3) is 0 Å². The number of ketones is 1. The number of allylic oxidation sites excluding steroid dienone is 1. The Morgan fingerprint density at radius 2 is 1.96 bits per heavy atom. The van der Waals surface area contributed by atoms with Gasteiger partial charge in [0, 0.05) is 30.6 Å². The van der Waals surface area contributed by atoms with Crippen molar-refractivity contribution >= 4 is 5.78 Å². The van der Waals surface area contributed by atoms with Crippen LogP contribution >= 0.6 is 0 Å². The van der Waals surface area contributed by atoms with Crippen LogP contribution in [0, 0.1) is 23.7 Å². The second-order valence-corrected chi connectivity index (χ2v) is 8.27. The molecule has 6 aliphatic rings. The molecule has 3 saturated heterocycles. The monoisotopic (exact) mass is 346 g/mol. The highest BCUT2D eigenvalue weighted by Crippen LogP contribution is 2.59. The van der Waals surface area contributed by atoms with Gasteiger partial charge in [0.25, 0.3) is 0 Å². The Labute approximate surface area is 145 Å². The van der Waals surface area contributed by atoms with Crippen molar-refractivity contribution < 1.29 is 28.8 Å². The first-order valence-corrected chi connectivity index (χ1v) is 9.42. The molecule has 1 N–H and O–H groups in total. The van der Waals surface area contributed by atoms with Gasteiger partial charge in [-0.2, -0.15) is 0 Å². The predicted octanol–water partition coefficient (Wildman–Crippen LogP) is 1.64. The smallest absolute Gasteiger partial charge is 0.229 e. The van der Waals surface area contributed by atoms with Crippen molar-refractivity contribution in [2.24, 2.45) is 23.7 Å². The molecule has 0 radical (unpaired) electrons. The van der Waals surface area contributed by atoms with Crippen LogP contribution in [0.5, 0.6) is 0 Å². The molecule has 6 heteroatoms. The number of rotatable bonds is 0. The highest BCUT2D eigenvalue weighted by molar-refractivity contribution is 5.94. The topological polar surface area (TPSA) is 74.2 Å². The van der Waals surface area contributed by atoms with Crippen LogP contribution in [0.2, 0.25) is 0 Å². The van der Waals surface area contributed by atoms with Crippen molar-refractivity contribution in [1.29, 1.82) is 0 Å². The summed E-state index contributed by atoms with van der Waals surface area (Å²) in [5.74, 6) is -2.02. The third kappa shape index (κ3) is 1.86. The number of fused-ring (bicyclic) bond motifs is 3. The van der Waals surface area contributed by atoms with E-state index in [-0.39, 0.29) is 35.6 Å². The van der Waals surface area contributed by atoms with Crippen LogP contribution in [-0.2, 0) is 23.7 Å². The van der Waals surface area contributed by atoms with E-state index in [9.17, 15) is 9.90 Å². The van der Waals surface area contributed by atoms with Crippen molar-refractivity contribution in [3.63, 3.8) is 0 Å². The highest BCUT2D eigenvalue weighted by Gasteiger charge is 2.67. The summed E-state index contributed by atoms with van der Waals surface area (Å²) >= 11 is 0. The molecular weight excluding hydrogens is 324 g/mol. The molecule has 3 heterocycles. The summed E-state index contributed by atoms with van der Waals surface area (Å²) in [6.45, 7) is 0.328. The van der Waals surface area contributed by atoms with Crippen LogP contribution in [0.1, 0.15) is 32.1 Å². The van der Waals surface area contributed by atoms with Gasteiger partial charge in [-0.3, -0.25) is 4.79 Å². The third-order valence-corrected chi connectivity index (χ3v) is 6.91. The summed E-state index contributed by atoms with van der Waals surface area (Å²) in [4.78, 5) is 12.5. The van der Waals surface area contributed by atoms with Gasteiger partial charge in [0.1, 0.15) is 11.9 Å². The van der Waals surface area contributed by atoms with Crippen molar-refractivity contribution in [3.05, 3.63) is 24.0 Å². The Morgan fingerprint density at radius 3 is 2.80 bits per heavy atom. The van der Waals surface area contributed by atoms with Gasteiger partial charge in [-0.1, -0.05) is 6.42 Å². The van der Waals surface area contributed by atoms with E-state index in [4.69, 9.17) is 18.9 Å². The fourth-order valence-electron chi connectivity index (χ4n) is 5.83. The van der Waals surface area contributed by atoms with Crippen LogP contribution in [0.15, 0.2) is 24.0 Å². The van der Waals surface area contributed by atoms with Crippen molar-refractivity contribution in [2.45, 2.75) is 56.1 Å². The van der Waals surface area contributed by atoms with Crippen LogP contribution in [0.3, 0.4) is 0 Å². The van der Waals surface area contributed by atoms with Gasteiger partial charge in [0.05, 0.1) is 12.5 Å². The van der Waals surface area contributed by atoms with Gasteiger partial charge in [-0.05, 0) is 31.1 Å². The fourth-order valence-corrected chi connectivity index (χ4v) is 5.83. The lowest BCUT2D eigenvalue weighted by Gasteiger charge is -2.52. The molecule has 25 heavy (non-hydrogen) atoms. The minimum absolute atomic E-state index is 0.0588. The van der Waals surface area contributed by atoms with Crippen LogP contribution in [0.4, 0.5) is 0 Å². The maximum Gasteiger partial charge on any atom is 0.229 e. The summed E-state index contributed by atoms with van der Waals surface area (Å²) in [7, 11) is 0. The Hall–Kier alpha value is -1.21. The lowest BCUT2D eigenvalue weighted by Crippen LogP contribution is -2.61. The normalized spacial score (nSPS) is 51.7. The summed E-state index contributed by atoms with van der Waals surface area (Å²) in [6, 6.07) is 0. The van der Waals surface area contributed by atoms with Crippen LogP contribution < -0.4 is 0 Å². The first-order chi connectivity index (χ1) is 12.1. The van der Waals surface area contributed by atoms with E-state index >= 15 is 0 Å². The van der Waals surface area contributed by atoms with Crippen molar-refractivity contribution in [1.82, 2.24) is 0 Å². The summed E-state index contributed by atoms with van der Waals surface area (Å²) in [6.07, 6.45) is 9.40. The van der Waals surface area contributed by atoms with Gasteiger partial charge >= 0.3 is 0 Å². The minimum Gasteiger partial charge on any atom is -0.466 e. The minimum atomic E-state index is -1.43. The predicted molar refractivity (Wildman–Crippen MR) is 83.7 cm³/mol. The maximum atomic E-state index is 12.5. The molecule has 1 saturated carbocycles. The number of hydrogen-bond acceptors (Lipinski definition) is 6. The van der Waals surface area contributed by atoms with E-state index < -0.39 is 17.9 Å². The molecule has 3 aliphatic carbocycles. The first-order valence-electron chi connectivity index (χ1n) is 9.42. The summed E-state index contributed by atoms with van der Waals surface area (Å²) < 4.78 is 24.5. The average molecular weight is 346 g/mol. The molecule has 0 amide bonds. The van der Waals surface area contributed by atoms with E-state index in [1.165, 1.54) is 18.6 Å².